The Kier molecular flexibility index (Phi) is 2.12. The number of hydrogen-bond acceptors (Lipinski definition) is 1. The molecule has 1 fully saturated rings. The third-order valence-electron chi connectivity index (χ3n) is 2.26. The molecular formula is C8H16O. The summed E-state index contributed by atoms with van der Waals surface area (Å²) in [7, 11) is 0. The van der Waals surface area contributed by atoms with E-state index in [2.05, 4.69) is 6.92 Å². The lowest BCUT2D eigenvalue weighted by Crippen LogP contribution is -2.03. The van der Waals surface area contributed by atoms with Crippen molar-refractivity contribution in [3.8, 4) is 0 Å². The van der Waals surface area contributed by atoms with Crippen molar-refractivity contribution in [2.24, 2.45) is 11.8 Å². The molecule has 1 heteroatoms. The standard InChI is InChI=1S/C8H16O/c1-3-4-7-5-8(7)6(2)9/h6-9H,3-5H2,1-2H3. The van der Waals surface area contributed by atoms with Gasteiger partial charge in [0.15, 0.2) is 0 Å². The Hall–Kier alpha value is -0.0400. The lowest BCUT2D eigenvalue weighted by Gasteiger charge is -1.99. The van der Waals surface area contributed by atoms with Crippen LogP contribution in [0.15, 0.2) is 0 Å². The first-order valence-electron chi connectivity index (χ1n) is 3.93. The van der Waals surface area contributed by atoms with Crippen molar-refractivity contribution in [2.45, 2.75) is 39.2 Å². The molecule has 0 aromatic rings. The lowest BCUT2D eigenvalue weighted by atomic mass is 10.1. The van der Waals surface area contributed by atoms with Gasteiger partial charge >= 0.3 is 0 Å². The molecule has 9 heavy (non-hydrogen) atoms. The molecule has 0 spiro atoms. The number of aliphatic hydroxyl groups excluding tert-OH is 1. The highest BCUT2D eigenvalue weighted by Gasteiger charge is 2.38. The Labute approximate surface area is 57.1 Å². The number of hydrogen-bond donors (Lipinski definition) is 1. The zero-order valence-electron chi connectivity index (χ0n) is 6.30. The predicted octanol–water partition coefficient (Wildman–Crippen LogP) is 1.80. The summed E-state index contributed by atoms with van der Waals surface area (Å²) in [5.74, 6) is 1.50. The lowest BCUT2D eigenvalue weighted by molar-refractivity contribution is 0.163. The maximum Gasteiger partial charge on any atom is 0.0543 e. The highest BCUT2D eigenvalue weighted by atomic mass is 16.3. The molecule has 0 aromatic heterocycles. The largest absolute Gasteiger partial charge is 0.393 e. The second kappa shape index (κ2) is 2.70. The van der Waals surface area contributed by atoms with Crippen LogP contribution in [-0.4, -0.2) is 11.2 Å². The summed E-state index contributed by atoms with van der Waals surface area (Å²) >= 11 is 0. The van der Waals surface area contributed by atoms with Crippen LogP contribution in [-0.2, 0) is 0 Å². The topological polar surface area (TPSA) is 20.2 Å². The average Bonchev–Trinajstić information content (AvgIpc) is 2.47. The van der Waals surface area contributed by atoms with Crippen LogP contribution in [0.25, 0.3) is 0 Å². The number of rotatable bonds is 3. The minimum atomic E-state index is -0.0541. The molecule has 1 aliphatic rings. The summed E-state index contributed by atoms with van der Waals surface area (Å²) in [6.07, 6.45) is 3.80. The van der Waals surface area contributed by atoms with E-state index >= 15 is 0 Å². The minimum Gasteiger partial charge on any atom is -0.393 e. The van der Waals surface area contributed by atoms with E-state index in [4.69, 9.17) is 5.11 Å². The summed E-state index contributed by atoms with van der Waals surface area (Å²) in [4.78, 5) is 0. The summed E-state index contributed by atoms with van der Waals surface area (Å²) in [6, 6.07) is 0. The molecular weight excluding hydrogens is 112 g/mol. The van der Waals surface area contributed by atoms with Gasteiger partial charge in [0.1, 0.15) is 0 Å². The van der Waals surface area contributed by atoms with Crippen molar-refractivity contribution in [1.82, 2.24) is 0 Å². The third-order valence-corrected chi connectivity index (χ3v) is 2.26. The molecule has 1 aliphatic carbocycles. The van der Waals surface area contributed by atoms with E-state index in [1.165, 1.54) is 19.3 Å². The molecule has 0 saturated heterocycles. The van der Waals surface area contributed by atoms with Crippen molar-refractivity contribution in [2.75, 3.05) is 0 Å². The molecule has 0 aromatic carbocycles. The molecule has 0 bridgehead atoms. The van der Waals surface area contributed by atoms with E-state index in [-0.39, 0.29) is 6.10 Å². The summed E-state index contributed by atoms with van der Waals surface area (Å²) in [5.41, 5.74) is 0. The van der Waals surface area contributed by atoms with Gasteiger partial charge in [-0.1, -0.05) is 19.8 Å². The maximum absolute atomic E-state index is 9.09. The average molecular weight is 128 g/mol. The zero-order chi connectivity index (χ0) is 6.85. The number of aliphatic hydroxyl groups is 1. The van der Waals surface area contributed by atoms with Gasteiger partial charge in [-0.15, -0.1) is 0 Å². The van der Waals surface area contributed by atoms with E-state index in [1.54, 1.807) is 0 Å². The van der Waals surface area contributed by atoms with Gasteiger partial charge < -0.3 is 5.11 Å². The highest BCUT2D eigenvalue weighted by Crippen LogP contribution is 2.44. The van der Waals surface area contributed by atoms with Crippen LogP contribution >= 0.6 is 0 Å². The van der Waals surface area contributed by atoms with Crippen molar-refractivity contribution in [1.29, 1.82) is 0 Å². The fourth-order valence-electron chi connectivity index (χ4n) is 1.56. The summed E-state index contributed by atoms with van der Waals surface area (Å²) in [5, 5.41) is 9.09. The van der Waals surface area contributed by atoms with E-state index in [1.807, 2.05) is 6.92 Å². The van der Waals surface area contributed by atoms with E-state index in [0.717, 1.165) is 5.92 Å². The quantitative estimate of drug-likeness (QED) is 0.614. The van der Waals surface area contributed by atoms with Crippen LogP contribution in [0.1, 0.15) is 33.1 Å². The zero-order valence-corrected chi connectivity index (χ0v) is 6.30. The fraction of sp³-hybridized carbons (Fsp3) is 1.00. The van der Waals surface area contributed by atoms with Crippen molar-refractivity contribution in [3.63, 3.8) is 0 Å². The molecule has 1 nitrogen and oxygen atoms in total. The fourth-order valence-corrected chi connectivity index (χ4v) is 1.56. The van der Waals surface area contributed by atoms with Crippen LogP contribution in [0.4, 0.5) is 0 Å². The molecule has 54 valence electrons. The maximum atomic E-state index is 9.09. The smallest absolute Gasteiger partial charge is 0.0543 e. The van der Waals surface area contributed by atoms with Crippen LogP contribution in [0.3, 0.4) is 0 Å². The van der Waals surface area contributed by atoms with Crippen LogP contribution < -0.4 is 0 Å². The van der Waals surface area contributed by atoms with Crippen LogP contribution in [0.5, 0.6) is 0 Å². The Morgan fingerprint density at radius 1 is 1.67 bits per heavy atom. The van der Waals surface area contributed by atoms with Gasteiger partial charge in [-0.25, -0.2) is 0 Å². The first-order chi connectivity index (χ1) is 4.25. The van der Waals surface area contributed by atoms with Gasteiger partial charge in [-0.3, -0.25) is 0 Å². The predicted molar refractivity (Wildman–Crippen MR) is 38.2 cm³/mol. The molecule has 1 N–H and O–H groups in total. The molecule has 0 amide bonds. The molecule has 3 atom stereocenters. The van der Waals surface area contributed by atoms with Gasteiger partial charge in [0, 0.05) is 0 Å². The summed E-state index contributed by atoms with van der Waals surface area (Å²) < 4.78 is 0. The van der Waals surface area contributed by atoms with Crippen molar-refractivity contribution < 1.29 is 5.11 Å². The second-order valence-electron chi connectivity index (χ2n) is 3.19. The van der Waals surface area contributed by atoms with Gasteiger partial charge in [-0.2, -0.15) is 0 Å². The second-order valence-corrected chi connectivity index (χ2v) is 3.19. The Morgan fingerprint density at radius 3 is 2.67 bits per heavy atom. The van der Waals surface area contributed by atoms with Gasteiger partial charge in [0.2, 0.25) is 0 Å². The van der Waals surface area contributed by atoms with Gasteiger partial charge in [0.05, 0.1) is 6.10 Å². The van der Waals surface area contributed by atoms with E-state index in [0.29, 0.717) is 5.92 Å². The molecule has 0 heterocycles. The molecule has 0 aliphatic heterocycles. The molecule has 3 unspecified atom stereocenters. The van der Waals surface area contributed by atoms with Crippen LogP contribution in [0, 0.1) is 11.8 Å². The van der Waals surface area contributed by atoms with Crippen LogP contribution in [0.2, 0.25) is 0 Å². The highest BCUT2D eigenvalue weighted by molar-refractivity contribution is 4.88. The Balaban J connectivity index is 2.09. The summed E-state index contributed by atoms with van der Waals surface area (Å²) in [6.45, 7) is 4.11. The molecule has 1 saturated carbocycles. The third kappa shape index (κ3) is 1.68. The van der Waals surface area contributed by atoms with Crippen molar-refractivity contribution in [3.05, 3.63) is 0 Å². The normalized spacial score (nSPS) is 36.3. The minimum absolute atomic E-state index is 0.0541. The Morgan fingerprint density at radius 2 is 2.33 bits per heavy atom. The van der Waals surface area contributed by atoms with Crippen molar-refractivity contribution >= 4 is 0 Å². The first-order valence-corrected chi connectivity index (χ1v) is 3.93. The van der Waals surface area contributed by atoms with E-state index in [9.17, 15) is 0 Å². The molecule has 0 radical (unpaired) electrons. The van der Waals surface area contributed by atoms with Gasteiger partial charge in [0.25, 0.3) is 0 Å². The SMILES string of the molecule is CCCC1CC1C(C)O. The monoisotopic (exact) mass is 128 g/mol. The van der Waals surface area contributed by atoms with Gasteiger partial charge in [-0.05, 0) is 25.2 Å². The first kappa shape index (κ1) is 7.07. The Bertz CT molecular complexity index is 88.6. The molecule has 1 rings (SSSR count). The van der Waals surface area contributed by atoms with E-state index < -0.39 is 0 Å².